The number of carbonyl (C=O) groups is 2. The van der Waals surface area contributed by atoms with Gasteiger partial charge in [-0.05, 0) is 60.5 Å². The van der Waals surface area contributed by atoms with Gasteiger partial charge in [-0.25, -0.2) is 4.39 Å². The van der Waals surface area contributed by atoms with Crippen LogP contribution in [0.1, 0.15) is 18.2 Å². The number of hydrogen-bond donors (Lipinski definition) is 0. The van der Waals surface area contributed by atoms with Crippen molar-refractivity contribution in [2.45, 2.75) is 13.5 Å². The van der Waals surface area contributed by atoms with Gasteiger partial charge in [0, 0.05) is 15.6 Å². The molecule has 0 bridgehead atoms. The van der Waals surface area contributed by atoms with Gasteiger partial charge in [0.2, 0.25) is 0 Å². The van der Waals surface area contributed by atoms with E-state index in [1.54, 1.807) is 19.1 Å². The summed E-state index contributed by atoms with van der Waals surface area (Å²) in [6.07, 6.45) is 1.53. The average Bonchev–Trinajstić information content (AvgIpc) is 3.25. The van der Waals surface area contributed by atoms with E-state index < -0.39 is 17.6 Å². The molecule has 5 nitrogen and oxygen atoms in total. The van der Waals surface area contributed by atoms with Crippen molar-refractivity contribution in [3.63, 3.8) is 0 Å². The number of nitriles is 1. The minimum Gasteiger partial charge on any atom is -0.457 e. The van der Waals surface area contributed by atoms with Crippen LogP contribution in [0.4, 0.5) is 4.39 Å². The van der Waals surface area contributed by atoms with Crippen LogP contribution in [-0.2, 0) is 16.1 Å². The fraction of sp³-hybridized carbons (Fsp3) is 0.0800. The summed E-state index contributed by atoms with van der Waals surface area (Å²) in [5.74, 6) is -0.602. The van der Waals surface area contributed by atoms with E-state index in [-0.39, 0.29) is 17.7 Å². The minimum absolute atomic E-state index is 0.0734. The van der Waals surface area contributed by atoms with E-state index >= 15 is 0 Å². The lowest BCUT2D eigenvalue weighted by Crippen LogP contribution is -2.42. The molecule has 3 aromatic rings. The Kier molecular flexibility index (Phi) is 5.89. The van der Waals surface area contributed by atoms with E-state index in [0.29, 0.717) is 22.7 Å². The van der Waals surface area contributed by atoms with Gasteiger partial charge in [-0.15, -0.1) is 0 Å². The van der Waals surface area contributed by atoms with Gasteiger partial charge in [-0.1, -0.05) is 40.2 Å². The van der Waals surface area contributed by atoms with Crippen LogP contribution in [0.2, 0.25) is 0 Å². The Labute approximate surface area is 192 Å². The summed E-state index contributed by atoms with van der Waals surface area (Å²) in [5, 5.41) is 9.53. The zero-order valence-corrected chi connectivity index (χ0v) is 18.5. The molecule has 1 aliphatic heterocycles. The molecule has 2 aromatic carbocycles. The molecule has 0 aliphatic carbocycles. The van der Waals surface area contributed by atoms with Gasteiger partial charge >= 0.3 is 0 Å². The van der Waals surface area contributed by atoms with E-state index in [1.165, 1.54) is 30.3 Å². The van der Waals surface area contributed by atoms with Gasteiger partial charge in [-0.3, -0.25) is 14.5 Å². The van der Waals surface area contributed by atoms with Crippen LogP contribution in [0.5, 0.6) is 0 Å². The van der Waals surface area contributed by atoms with Crippen molar-refractivity contribution in [1.82, 2.24) is 4.90 Å². The summed E-state index contributed by atoms with van der Waals surface area (Å²) >= 11 is 3.39. The van der Waals surface area contributed by atoms with Crippen LogP contribution in [0.25, 0.3) is 17.4 Å². The first kappa shape index (κ1) is 21.5. The molecule has 0 radical (unpaired) electrons. The maximum absolute atomic E-state index is 13.2. The highest BCUT2D eigenvalue weighted by atomic mass is 79.9. The molecule has 0 atom stereocenters. The normalized spacial score (nSPS) is 15.4. The van der Waals surface area contributed by atoms with Crippen molar-refractivity contribution < 1.29 is 18.4 Å². The lowest BCUT2D eigenvalue weighted by Gasteiger charge is -2.27. The van der Waals surface area contributed by atoms with Crippen LogP contribution in [0.3, 0.4) is 0 Å². The fourth-order valence-electron chi connectivity index (χ4n) is 3.39. The number of hydrogen-bond acceptors (Lipinski definition) is 4. The highest BCUT2D eigenvalue weighted by molar-refractivity contribution is 9.10. The zero-order valence-electron chi connectivity index (χ0n) is 16.9. The molecule has 0 N–H and O–H groups in total. The Balaban J connectivity index is 1.70. The maximum Gasteiger partial charge on any atom is 0.271 e. The second kappa shape index (κ2) is 8.77. The van der Waals surface area contributed by atoms with Crippen LogP contribution in [-0.4, -0.2) is 16.7 Å². The Hall–Kier alpha value is -3.76. The molecular weight excluding hydrogens is 475 g/mol. The molecule has 32 heavy (non-hydrogen) atoms. The standard InChI is InChI=1S/C25H16BrFN2O3/c1-15-21(12-20-10-11-23(32-20)17-4-6-18(26)7-5-17)24(30)29(25(31)22(15)13-28)14-16-2-8-19(27)9-3-16/h2-12H,14H2,1H3/b21-12+. The Bertz CT molecular complexity index is 1310. The molecule has 0 spiro atoms. The van der Waals surface area contributed by atoms with E-state index in [1.807, 2.05) is 30.3 Å². The summed E-state index contributed by atoms with van der Waals surface area (Å²) in [7, 11) is 0. The number of carbonyl (C=O) groups excluding carboxylic acids is 2. The summed E-state index contributed by atoms with van der Waals surface area (Å²) in [4.78, 5) is 26.9. The topological polar surface area (TPSA) is 74.3 Å². The average molecular weight is 491 g/mol. The molecule has 2 amide bonds. The quantitative estimate of drug-likeness (QED) is 0.350. The van der Waals surface area contributed by atoms with E-state index in [0.717, 1.165) is 14.9 Å². The number of amides is 2. The lowest BCUT2D eigenvalue weighted by molar-refractivity contribution is -0.141. The number of furan rings is 1. The van der Waals surface area contributed by atoms with Crippen molar-refractivity contribution in [3.8, 4) is 17.4 Å². The third kappa shape index (κ3) is 4.18. The Morgan fingerprint density at radius 3 is 2.38 bits per heavy atom. The van der Waals surface area contributed by atoms with Crippen LogP contribution in [0, 0.1) is 17.1 Å². The molecule has 7 heteroatoms. The first-order chi connectivity index (χ1) is 15.4. The number of benzene rings is 2. The van der Waals surface area contributed by atoms with Crippen LogP contribution < -0.4 is 0 Å². The predicted octanol–water partition coefficient (Wildman–Crippen LogP) is 5.64. The maximum atomic E-state index is 13.2. The molecule has 158 valence electrons. The molecule has 0 saturated carbocycles. The third-order valence-electron chi connectivity index (χ3n) is 5.12. The van der Waals surface area contributed by atoms with Crippen molar-refractivity contribution in [2.75, 3.05) is 0 Å². The van der Waals surface area contributed by atoms with Gasteiger partial charge in [-0.2, -0.15) is 5.26 Å². The van der Waals surface area contributed by atoms with Gasteiger partial charge in [0.15, 0.2) is 0 Å². The van der Waals surface area contributed by atoms with Crippen molar-refractivity contribution in [3.05, 3.63) is 99.0 Å². The summed E-state index contributed by atoms with van der Waals surface area (Å²) < 4.78 is 20.0. The third-order valence-corrected chi connectivity index (χ3v) is 5.65. The molecule has 0 unspecified atom stereocenters. The van der Waals surface area contributed by atoms with E-state index in [9.17, 15) is 19.2 Å². The zero-order chi connectivity index (χ0) is 22.8. The van der Waals surface area contributed by atoms with E-state index in [2.05, 4.69) is 15.9 Å². The number of halogens is 2. The molecule has 0 fully saturated rings. The Morgan fingerprint density at radius 1 is 1.03 bits per heavy atom. The number of rotatable bonds is 4. The molecular formula is C25H16BrFN2O3. The van der Waals surface area contributed by atoms with Crippen molar-refractivity contribution in [2.24, 2.45) is 0 Å². The highest BCUT2D eigenvalue weighted by Gasteiger charge is 2.35. The number of imide groups is 1. The van der Waals surface area contributed by atoms with Crippen LogP contribution in [0.15, 0.2) is 86.3 Å². The first-order valence-electron chi connectivity index (χ1n) is 9.67. The second-order valence-corrected chi connectivity index (χ2v) is 8.12. The monoisotopic (exact) mass is 490 g/mol. The van der Waals surface area contributed by atoms with Crippen LogP contribution >= 0.6 is 15.9 Å². The van der Waals surface area contributed by atoms with Crippen molar-refractivity contribution >= 4 is 33.8 Å². The predicted molar refractivity (Wildman–Crippen MR) is 120 cm³/mol. The molecule has 1 aliphatic rings. The summed E-state index contributed by atoms with van der Waals surface area (Å²) in [6.45, 7) is 1.49. The largest absolute Gasteiger partial charge is 0.457 e. The second-order valence-electron chi connectivity index (χ2n) is 7.20. The van der Waals surface area contributed by atoms with Gasteiger partial charge in [0.25, 0.3) is 11.8 Å². The first-order valence-corrected chi connectivity index (χ1v) is 10.5. The van der Waals surface area contributed by atoms with Crippen molar-refractivity contribution in [1.29, 1.82) is 5.26 Å². The molecule has 2 heterocycles. The fourth-order valence-corrected chi connectivity index (χ4v) is 3.65. The van der Waals surface area contributed by atoms with Gasteiger partial charge in [0.1, 0.15) is 29.0 Å². The molecule has 1 aromatic heterocycles. The lowest BCUT2D eigenvalue weighted by atomic mass is 9.94. The smallest absolute Gasteiger partial charge is 0.271 e. The van der Waals surface area contributed by atoms with Gasteiger partial charge in [0.05, 0.1) is 6.54 Å². The van der Waals surface area contributed by atoms with Gasteiger partial charge < -0.3 is 4.42 Å². The van der Waals surface area contributed by atoms with E-state index in [4.69, 9.17) is 4.42 Å². The highest BCUT2D eigenvalue weighted by Crippen LogP contribution is 2.30. The number of nitrogens with zero attached hydrogens (tertiary/aromatic N) is 2. The molecule has 4 rings (SSSR count). The minimum atomic E-state index is -0.675. The molecule has 0 saturated heterocycles. The SMILES string of the molecule is CC1=C(C#N)C(=O)N(Cc2ccc(F)cc2)C(=O)/C1=C/c1ccc(-c2ccc(Br)cc2)o1. The summed E-state index contributed by atoms with van der Waals surface area (Å²) in [6, 6.07) is 18.5. The Morgan fingerprint density at radius 2 is 1.72 bits per heavy atom. The summed E-state index contributed by atoms with van der Waals surface area (Å²) in [5.41, 5.74) is 1.81.